The average molecular weight is 265 g/mol. The van der Waals surface area contributed by atoms with Gasteiger partial charge in [0.2, 0.25) is 5.88 Å². The van der Waals surface area contributed by atoms with E-state index in [1.807, 2.05) is 0 Å². The zero-order valence-electron chi connectivity index (χ0n) is 10.6. The maximum atomic E-state index is 11.7. The van der Waals surface area contributed by atoms with Gasteiger partial charge in [0.05, 0.1) is 13.2 Å². The lowest BCUT2D eigenvalue weighted by Gasteiger charge is -2.13. The van der Waals surface area contributed by atoms with Crippen LogP contribution in [0.2, 0.25) is 0 Å². The van der Waals surface area contributed by atoms with E-state index in [0.717, 1.165) is 19.4 Å². The van der Waals surface area contributed by atoms with Crippen LogP contribution >= 0.6 is 0 Å². The van der Waals surface area contributed by atoms with Crippen LogP contribution < -0.4 is 4.74 Å². The summed E-state index contributed by atoms with van der Waals surface area (Å²) < 4.78 is 15.6. The molecule has 6 heteroatoms. The topological polar surface area (TPSA) is 74.7 Å². The molecule has 1 aromatic rings. The van der Waals surface area contributed by atoms with Crippen molar-refractivity contribution in [2.75, 3.05) is 20.3 Å². The average Bonchev–Trinajstić information content (AvgIpc) is 2.97. The van der Waals surface area contributed by atoms with Crippen molar-refractivity contribution in [2.24, 2.45) is 0 Å². The molecule has 0 spiro atoms. The number of rotatable bonds is 5. The molecule has 0 amide bonds. The summed E-state index contributed by atoms with van der Waals surface area (Å²) in [5.74, 6) is -0.538. The molecular formula is C13H15NO5. The molecule has 0 aromatic carbocycles. The maximum Gasteiger partial charge on any atom is 0.344 e. The summed E-state index contributed by atoms with van der Waals surface area (Å²) >= 11 is 0. The second-order valence-corrected chi connectivity index (χ2v) is 4.14. The monoisotopic (exact) mass is 265 g/mol. The zero-order chi connectivity index (χ0) is 13.7. The lowest BCUT2D eigenvalue weighted by atomic mass is 10.1. The third-order valence-corrected chi connectivity index (χ3v) is 2.89. The predicted molar refractivity (Wildman–Crippen MR) is 65.4 cm³/mol. The third kappa shape index (κ3) is 3.08. The number of ether oxygens (including phenoxy) is 3. The van der Waals surface area contributed by atoms with Crippen molar-refractivity contribution >= 4 is 12.3 Å². The van der Waals surface area contributed by atoms with Gasteiger partial charge in [-0.1, -0.05) is 0 Å². The summed E-state index contributed by atoms with van der Waals surface area (Å²) in [4.78, 5) is 26.6. The Morgan fingerprint density at radius 3 is 3.11 bits per heavy atom. The van der Waals surface area contributed by atoms with Gasteiger partial charge >= 0.3 is 5.97 Å². The van der Waals surface area contributed by atoms with Crippen molar-refractivity contribution in [3.05, 3.63) is 23.4 Å². The molecule has 1 aliphatic rings. The molecule has 102 valence electrons. The van der Waals surface area contributed by atoms with Crippen molar-refractivity contribution in [1.29, 1.82) is 0 Å². The van der Waals surface area contributed by atoms with E-state index in [2.05, 4.69) is 9.72 Å². The Morgan fingerprint density at radius 1 is 1.63 bits per heavy atom. The van der Waals surface area contributed by atoms with Gasteiger partial charge in [-0.3, -0.25) is 4.79 Å². The Morgan fingerprint density at radius 2 is 2.47 bits per heavy atom. The number of carbonyl (C=O) groups excluding carboxylic acids is 2. The molecule has 1 fully saturated rings. The Hall–Kier alpha value is -1.95. The van der Waals surface area contributed by atoms with E-state index in [1.165, 1.54) is 19.4 Å². The van der Waals surface area contributed by atoms with E-state index in [0.29, 0.717) is 12.9 Å². The lowest BCUT2D eigenvalue weighted by molar-refractivity contribution is 0.0558. The van der Waals surface area contributed by atoms with Crippen molar-refractivity contribution < 1.29 is 23.8 Å². The molecule has 1 unspecified atom stereocenters. The molecule has 0 saturated carbocycles. The van der Waals surface area contributed by atoms with Gasteiger partial charge in [0, 0.05) is 18.4 Å². The SMILES string of the molecule is COC(=O)c1c(C=O)ccnc1OCC1CCCO1. The van der Waals surface area contributed by atoms with Crippen LogP contribution in [0.25, 0.3) is 0 Å². The van der Waals surface area contributed by atoms with Crippen LogP contribution in [-0.2, 0) is 9.47 Å². The van der Waals surface area contributed by atoms with Crippen LogP contribution in [0.5, 0.6) is 5.88 Å². The fourth-order valence-electron chi connectivity index (χ4n) is 1.92. The van der Waals surface area contributed by atoms with Gasteiger partial charge < -0.3 is 14.2 Å². The highest BCUT2D eigenvalue weighted by Crippen LogP contribution is 2.21. The number of nitrogens with zero attached hydrogens (tertiary/aromatic N) is 1. The van der Waals surface area contributed by atoms with E-state index in [9.17, 15) is 9.59 Å². The molecule has 6 nitrogen and oxygen atoms in total. The molecule has 1 saturated heterocycles. The van der Waals surface area contributed by atoms with Gasteiger partial charge in [0.25, 0.3) is 0 Å². The van der Waals surface area contributed by atoms with Crippen LogP contribution in [0.3, 0.4) is 0 Å². The first-order chi connectivity index (χ1) is 9.26. The number of pyridine rings is 1. The van der Waals surface area contributed by atoms with Gasteiger partial charge in [-0.2, -0.15) is 0 Å². The van der Waals surface area contributed by atoms with E-state index in [4.69, 9.17) is 9.47 Å². The fourth-order valence-corrected chi connectivity index (χ4v) is 1.92. The molecule has 19 heavy (non-hydrogen) atoms. The maximum absolute atomic E-state index is 11.7. The molecule has 0 aliphatic carbocycles. The Kier molecular flexibility index (Phi) is 4.46. The summed E-state index contributed by atoms with van der Waals surface area (Å²) in [5, 5.41) is 0. The molecule has 0 radical (unpaired) electrons. The highest BCUT2D eigenvalue weighted by atomic mass is 16.5. The number of esters is 1. The first-order valence-corrected chi connectivity index (χ1v) is 6.03. The third-order valence-electron chi connectivity index (χ3n) is 2.89. The number of hydrogen-bond donors (Lipinski definition) is 0. The molecule has 0 N–H and O–H groups in total. The summed E-state index contributed by atoms with van der Waals surface area (Å²) in [6.07, 6.45) is 3.92. The quantitative estimate of drug-likeness (QED) is 0.589. The fraction of sp³-hybridized carbons (Fsp3) is 0.462. The molecule has 2 rings (SSSR count). The summed E-state index contributed by atoms with van der Waals surface area (Å²) in [7, 11) is 1.24. The van der Waals surface area contributed by atoms with Crippen LogP contribution in [-0.4, -0.2) is 43.7 Å². The molecule has 2 heterocycles. The minimum Gasteiger partial charge on any atom is -0.474 e. The van der Waals surface area contributed by atoms with E-state index >= 15 is 0 Å². The number of methoxy groups -OCH3 is 1. The number of aromatic nitrogens is 1. The minimum absolute atomic E-state index is 0.00665. The van der Waals surface area contributed by atoms with Crippen molar-refractivity contribution in [2.45, 2.75) is 18.9 Å². The van der Waals surface area contributed by atoms with Gasteiger partial charge in [0.1, 0.15) is 12.2 Å². The highest BCUT2D eigenvalue weighted by Gasteiger charge is 2.22. The van der Waals surface area contributed by atoms with Crippen LogP contribution in [0, 0.1) is 0 Å². The number of hydrogen-bond acceptors (Lipinski definition) is 6. The first kappa shape index (κ1) is 13.5. The number of aldehydes is 1. The van der Waals surface area contributed by atoms with Crippen molar-refractivity contribution in [1.82, 2.24) is 4.98 Å². The van der Waals surface area contributed by atoms with Crippen LogP contribution in [0.1, 0.15) is 33.6 Å². The van der Waals surface area contributed by atoms with E-state index < -0.39 is 5.97 Å². The smallest absolute Gasteiger partial charge is 0.344 e. The molecular weight excluding hydrogens is 250 g/mol. The molecule has 1 atom stereocenters. The largest absolute Gasteiger partial charge is 0.474 e. The minimum atomic E-state index is -0.641. The van der Waals surface area contributed by atoms with Gasteiger partial charge in [0.15, 0.2) is 6.29 Å². The lowest BCUT2D eigenvalue weighted by Crippen LogP contribution is -2.19. The van der Waals surface area contributed by atoms with Gasteiger partial charge in [-0.05, 0) is 18.9 Å². The van der Waals surface area contributed by atoms with E-state index in [-0.39, 0.29) is 23.1 Å². The zero-order valence-corrected chi connectivity index (χ0v) is 10.6. The molecule has 1 aromatic heterocycles. The normalized spacial score (nSPS) is 18.1. The molecule has 1 aliphatic heterocycles. The standard InChI is InChI=1S/C13H15NO5/c1-17-13(16)11-9(7-15)4-5-14-12(11)19-8-10-3-2-6-18-10/h4-5,7,10H,2-3,6,8H2,1H3. The van der Waals surface area contributed by atoms with Crippen molar-refractivity contribution in [3.63, 3.8) is 0 Å². The first-order valence-electron chi connectivity index (χ1n) is 6.03. The Balaban J connectivity index is 2.17. The number of carbonyl (C=O) groups is 2. The summed E-state index contributed by atoms with van der Waals surface area (Å²) in [5.41, 5.74) is 0.252. The van der Waals surface area contributed by atoms with E-state index in [1.54, 1.807) is 0 Å². The second kappa shape index (κ2) is 6.29. The Labute approximate surface area is 110 Å². The van der Waals surface area contributed by atoms with Crippen LogP contribution in [0.15, 0.2) is 12.3 Å². The van der Waals surface area contributed by atoms with Crippen LogP contribution in [0.4, 0.5) is 0 Å². The Bertz CT molecular complexity index is 468. The van der Waals surface area contributed by atoms with Crippen molar-refractivity contribution in [3.8, 4) is 5.88 Å². The highest BCUT2D eigenvalue weighted by molar-refractivity contribution is 6.00. The summed E-state index contributed by atoms with van der Waals surface area (Å²) in [6, 6.07) is 1.44. The van der Waals surface area contributed by atoms with Gasteiger partial charge in [-0.25, -0.2) is 9.78 Å². The van der Waals surface area contributed by atoms with Gasteiger partial charge in [-0.15, -0.1) is 0 Å². The summed E-state index contributed by atoms with van der Waals surface area (Å²) in [6.45, 7) is 1.03. The predicted octanol–water partition coefficient (Wildman–Crippen LogP) is 1.24. The molecule has 0 bridgehead atoms. The second-order valence-electron chi connectivity index (χ2n) is 4.14.